The molecule has 2 heterocycles. The van der Waals surface area contributed by atoms with E-state index in [1.165, 1.54) is 23.6 Å². The Balaban J connectivity index is 1.78. The molecule has 0 fully saturated rings. The first kappa shape index (κ1) is 18.6. The van der Waals surface area contributed by atoms with Gasteiger partial charge in [-0.3, -0.25) is 14.0 Å². The van der Waals surface area contributed by atoms with Crippen molar-refractivity contribution in [3.05, 3.63) is 75.3 Å². The lowest BCUT2D eigenvalue weighted by Crippen LogP contribution is -2.25. The molecule has 1 aliphatic rings. The van der Waals surface area contributed by atoms with Gasteiger partial charge in [0.2, 0.25) is 5.91 Å². The van der Waals surface area contributed by atoms with Gasteiger partial charge in [-0.1, -0.05) is 12.1 Å². The number of carbonyl (C=O) groups is 2. The quantitative estimate of drug-likeness (QED) is 0.716. The van der Waals surface area contributed by atoms with Crippen molar-refractivity contribution in [2.24, 2.45) is 0 Å². The predicted molar refractivity (Wildman–Crippen MR) is 110 cm³/mol. The summed E-state index contributed by atoms with van der Waals surface area (Å²) in [6, 6.07) is 10.5. The number of carboxylic acid groups (broad SMARTS) is 1. The summed E-state index contributed by atoms with van der Waals surface area (Å²) in [5.74, 6) is -1.21. The largest absolute Gasteiger partial charge is 0.478 e. The normalized spacial score (nSPS) is 14.6. The van der Waals surface area contributed by atoms with Gasteiger partial charge in [-0.15, -0.1) is 0 Å². The first-order valence-corrected chi connectivity index (χ1v) is 9.29. The number of rotatable bonds is 3. The average molecular weight is 389 g/mol. The molecule has 0 radical (unpaired) electrons. The zero-order chi connectivity index (χ0) is 20.5. The highest BCUT2D eigenvalue weighted by Crippen LogP contribution is 2.30. The number of pyridine rings is 1. The van der Waals surface area contributed by atoms with Crippen LogP contribution in [-0.4, -0.2) is 26.4 Å². The van der Waals surface area contributed by atoms with Gasteiger partial charge in [0.1, 0.15) is 5.65 Å². The average Bonchev–Trinajstić information content (AvgIpc) is 2.69. The Morgan fingerprint density at radius 3 is 2.59 bits per heavy atom. The predicted octanol–water partition coefficient (Wildman–Crippen LogP) is 3.23. The maximum absolute atomic E-state index is 13.0. The Labute approximate surface area is 166 Å². The summed E-state index contributed by atoms with van der Waals surface area (Å²) in [7, 11) is 0. The van der Waals surface area contributed by atoms with Crippen LogP contribution in [0.4, 0.5) is 5.69 Å². The second-order valence-corrected chi connectivity index (χ2v) is 7.02. The molecule has 0 atom stereocenters. The van der Waals surface area contributed by atoms with Gasteiger partial charge < -0.3 is 10.4 Å². The van der Waals surface area contributed by atoms with Crippen LogP contribution >= 0.6 is 0 Å². The van der Waals surface area contributed by atoms with E-state index in [-0.39, 0.29) is 17.0 Å². The number of hydrogen-bond donors (Lipinski definition) is 2. The second-order valence-electron chi connectivity index (χ2n) is 7.02. The minimum atomic E-state index is -1.08. The topological polar surface area (TPSA) is 101 Å². The number of carbonyl (C=O) groups excluding carboxylic acids is 1. The molecule has 146 valence electrons. The van der Waals surface area contributed by atoms with E-state index >= 15 is 0 Å². The molecule has 0 unspecified atom stereocenters. The van der Waals surface area contributed by atoms with Crippen molar-refractivity contribution in [2.75, 3.05) is 5.32 Å². The summed E-state index contributed by atoms with van der Waals surface area (Å²) >= 11 is 0. The number of nitrogens with one attached hydrogen (secondary N) is 1. The van der Waals surface area contributed by atoms with E-state index in [1.54, 1.807) is 6.07 Å². The van der Waals surface area contributed by atoms with Crippen molar-refractivity contribution in [3.8, 4) is 0 Å². The molecule has 3 aromatic rings. The van der Waals surface area contributed by atoms with Gasteiger partial charge in [-0.2, -0.15) is 0 Å². The van der Waals surface area contributed by atoms with Crippen LogP contribution in [-0.2, 0) is 11.2 Å². The number of fused-ring (bicyclic) bond motifs is 2. The van der Waals surface area contributed by atoms with Crippen LogP contribution in [0.1, 0.15) is 46.9 Å². The standard InChI is InChI=1S/C22H19N3O4/c1-13(26)23-17-8-5-14(6-9-17)11-15-3-2-4-18-20(15)24-19-10-7-16(22(28)29)12-25(19)21(18)27/h5-12H,2-4H2,1H3,(H,23,26)(H,28,29)/b15-11-. The molecule has 1 aliphatic carbocycles. The lowest BCUT2D eigenvalue weighted by molar-refractivity contribution is -0.114. The summed E-state index contributed by atoms with van der Waals surface area (Å²) in [4.78, 5) is 40.0. The first-order chi connectivity index (χ1) is 13.9. The molecular weight excluding hydrogens is 370 g/mol. The molecular formula is C22H19N3O4. The number of benzene rings is 1. The van der Waals surface area contributed by atoms with E-state index < -0.39 is 5.97 Å². The van der Waals surface area contributed by atoms with Gasteiger partial charge in [0.25, 0.3) is 5.56 Å². The van der Waals surface area contributed by atoms with Gasteiger partial charge in [0, 0.05) is 24.4 Å². The molecule has 7 heteroatoms. The first-order valence-electron chi connectivity index (χ1n) is 9.29. The third-order valence-electron chi connectivity index (χ3n) is 4.91. The Morgan fingerprint density at radius 2 is 1.90 bits per heavy atom. The van der Waals surface area contributed by atoms with E-state index in [0.717, 1.165) is 29.7 Å². The molecule has 29 heavy (non-hydrogen) atoms. The number of amides is 1. The highest BCUT2D eigenvalue weighted by atomic mass is 16.4. The summed E-state index contributed by atoms with van der Waals surface area (Å²) in [5.41, 5.74) is 4.18. The molecule has 0 bridgehead atoms. The Bertz CT molecular complexity index is 1220. The monoisotopic (exact) mass is 389 g/mol. The third kappa shape index (κ3) is 3.67. The third-order valence-corrected chi connectivity index (χ3v) is 4.91. The van der Waals surface area contributed by atoms with Crippen molar-refractivity contribution in [1.82, 2.24) is 9.38 Å². The number of allylic oxidation sites excluding steroid dienone is 1. The Morgan fingerprint density at radius 1 is 1.14 bits per heavy atom. The number of aromatic carboxylic acids is 1. The van der Waals surface area contributed by atoms with Crippen molar-refractivity contribution < 1.29 is 14.7 Å². The molecule has 0 saturated carbocycles. The van der Waals surface area contributed by atoms with Gasteiger partial charge in [-0.25, -0.2) is 9.78 Å². The number of nitrogens with zero attached hydrogens (tertiary/aromatic N) is 2. The van der Waals surface area contributed by atoms with Crippen molar-refractivity contribution in [1.29, 1.82) is 0 Å². The van der Waals surface area contributed by atoms with Crippen molar-refractivity contribution in [2.45, 2.75) is 26.2 Å². The molecule has 0 saturated heterocycles. The van der Waals surface area contributed by atoms with Crippen LogP contribution in [0.3, 0.4) is 0 Å². The Kier molecular flexibility index (Phi) is 4.72. The highest BCUT2D eigenvalue weighted by molar-refractivity contribution is 5.89. The zero-order valence-electron chi connectivity index (χ0n) is 15.8. The van der Waals surface area contributed by atoms with Crippen molar-refractivity contribution >= 4 is 34.9 Å². The van der Waals surface area contributed by atoms with E-state index in [2.05, 4.69) is 10.3 Å². The fourth-order valence-electron chi connectivity index (χ4n) is 3.57. The van der Waals surface area contributed by atoms with Crippen LogP contribution in [0.2, 0.25) is 0 Å². The molecule has 2 aromatic heterocycles. The summed E-state index contributed by atoms with van der Waals surface area (Å²) < 4.78 is 1.31. The number of carboxylic acids is 1. The number of hydrogen-bond acceptors (Lipinski definition) is 4. The molecule has 1 amide bonds. The summed E-state index contributed by atoms with van der Waals surface area (Å²) in [6.45, 7) is 1.46. The van der Waals surface area contributed by atoms with Gasteiger partial charge in [0.15, 0.2) is 0 Å². The lowest BCUT2D eigenvalue weighted by atomic mass is 9.90. The van der Waals surface area contributed by atoms with E-state index in [9.17, 15) is 19.5 Å². The van der Waals surface area contributed by atoms with E-state index in [1.807, 2.05) is 30.3 Å². The molecule has 2 N–H and O–H groups in total. The lowest BCUT2D eigenvalue weighted by Gasteiger charge is -2.18. The minimum absolute atomic E-state index is 0.0483. The van der Waals surface area contributed by atoms with Crippen LogP contribution < -0.4 is 10.9 Å². The van der Waals surface area contributed by atoms with E-state index in [0.29, 0.717) is 23.3 Å². The van der Waals surface area contributed by atoms with Crippen LogP contribution in [0.15, 0.2) is 47.4 Å². The second kappa shape index (κ2) is 7.35. The van der Waals surface area contributed by atoms with Gasteiger partial charge in [-0.05, 0) is 60.7 Å². The van der Waals surface area contributed by atoms with Gasteiger partial charge in [0.05, 0.1) is 11.3 Å². The molecule has 0 spiro atoms. The maximum Gasteiger partial charge on any atom is 0.337 e. The molecule has 1 aromatic carbocycles. The SMILES string of the molecule is CC(=O)Nc1ccc(/C=C2/CCCc3c2nc2ccc(C(=O)O)cn2c3=O)cc1. The molecule has 4 rings (SSSR count). The highest BCUT2D eigenvalue weighted by Gasteiger charge is 2.21. The van der Waals surface area contributed by atoms with Crippen LogP contribution in [0.5, 0.6) is 0 Å². The fraction of sp³-hybridized carbons (Fsp3) is 0.182. The fourth-order valence-corrected chi connectivity index (χ4v) is 3.57. The molecule has 0 aliphatic heterocycles. The van der Waals surface area contributed by atoms with Crippen LogP contribution in [0.25, 0.3) is 17.3 Å². The van der Waals surface area contributed by atoms with Gasteiger partial charge >= 0.3 is 5.97 Å². The smallest absolute Gasteiger partial charge is 0.337 e. The number of anilines is 1. The molecule has 7 nitrogen and oxygen atoms in total. The Hall–Kier alpha value is -3.74. The minimum Gasteiger partial charge on any atom is -0.478 e. The maximum atomic E-state index is 13.0. The van der Waals surface area contributed by atoms with E-state index in [4.69, 9.17) is 0 Å². The van der Waals surface area contributed by atoms with Crippen molar-refractivity contribution in [3.63, 3.8) is 0 Å². The summed E-state index contributed by atoms with van der Waals surface area (Å²) in [6.07, 6.45) is 5.57. The summed E-state index contributed by atoms with van der Waals surface area (Å²) in [5, 5.41) is 11.9. The van der Waals surface area contributed by atoms with Crippen LogP contribution in [0, 0.1) is 0 Å². The number of aromatic nitrogens is 2. The zero-order valence-corrected chi connectivity index (χ0v) is 15.8.